The summed E-state index contributed by atoms with van der Waals surface area (Å²) in [5.41, 5.74) is 5.30. The molecule has 0 radical (unpaired) electrons. The van der Waals surface area contributed by atoms with Crippen molar-refractivity contribution in [3.63, 3.8) is 0 Å². The quantitative estimate of drug-likeness (QED) is 0.176. The van der Waals surface area contributed by atoms with Gasteiger partial charge in [0.15, 0.2) is 0 Å². The number of carbonyl (C=O) groups is 1. The minimum atomic E-state index is -0.0547. The Hall–Kier alpha value is -3.45. The molecule has 2 heterocycles. The number of nitrogens with one attached hydrogen (secondary N) is 1. The molecule has 0 bridgehead atoms. The molecule has 7 heteroatoms. The molecule has 0 spiro atoms. The van der Waals surface area contributed by atoms with Crippen LogP contribution in [0, 0.1) is 0 Å². The largest absolute Gasteiger partial charge is 0.351 e. The lowest BCUT2D eigenvalue weighted by molar-refractivity contribution is 0.0939. The second-order valence-corrected chi connectivity index (χ2v) is 12.0. The van der Waals surface area contributed by atoms with Gasteiger partial charge in [0.2, 0.25) is 0 Å². The van der Waals surface area contributed by atoms with Crippen LogP contribution in [0.5, 0.6) is 0 Å². The van der Waals surface area contributed by atoms with Gasteiger partial charge in [-0.25, -0.2) is 4.98 Å². The van der Waals surface area contributed by atoms with Crippen LogP contribution in [-0.4, -0.2) is 64.5 Å². The molecule has 1 saturated heterocycles. The molecule has 0 aliphatic carbocycles. The maximum absolute atomic E-state index is 13.7. The summed E-state index contributed by atoms with van der Waals surface area (Å²) in [6.07, 6.45) is 4.76. The standard InChI is InChI=1S/C36H44ClN5O/c1-3-40(4-2)23-11-22-38-35(43)34-33(39-28-42(34)26-29-16-18-32(37)19-17-29)27-41-24-20-36(21-25-41,30-12-7-5-8-13-30)31-14-9-6-10-15-31/h5-10,12-19,28H,3-4,11,20-27H2,1-2H3,(H,38,43). The smallest absolute Gasteiger partial charge is 0.269 e. The molecule has 1 aromatic heterocycles. The molecule has 0 saturated carbocycles. The van der Waals surface area contributed by atoms with Crippen LogP contribution in [0.4, 0.5) is 0 Å². The van der Waals surface area contributed by atoms with Crippen molar-refractivity contribution in [2.24, 2.45) is 0 Å². The lowest BCUT2D eigenvalue weighted by Gasteiger charge is -2.43. The molecule has 43 heavy (non-hydrogen) atoms. The van der Waals surface area contributed by atoms with Gasteiger partial charge >= 0.3 is 0 Å². The van der Waals surface area contributed by atoms with E-state index in [1.807, 2.05) is 35.2 Å². The number of piperidine rings is 1. The van der Waals surface area contributed by atoms with Gasteiger partial charge in [-0.2, -0.15) is 0 Å². The Morgan fingerprint density at radius 1 is 0.884 bits per heavy atom. The van der Waals surface area contributed by atoms with Gasteiger partial charge < -0.3 is 14.8 Å². The first-order valence-electron chi connectivity index (χ1n) is 15.6. The van der Waals surface area contributed by atoms with Gasteiger partial charge in [-0.3, -0.25) is 9.69 Å². The highest BCUT2D eigenvalue weighted by Crippen LogP contribution is 2.42. The van der Waals surface area contributed by atoms with Gasteiger partial charge in [0.25, 0.3) is 5.91 Å². The van der Waals surface area contributed by atoms with E-state index in [9.17, 15) is 4.79 Å². The Morgan fingerprint density at radius 3 is 2.07 bits per heavy atom. The number of benzene rings is 3. The summed E-state index contributed by atoms with van der Waals surface area (Å²) in [4.78, 5) is 23.3. The molecular weight excluding hydrogens is 554 g/mol. The topological polar surface area (TPSA) is 53.4 Å². The van der Waals surface area contributed by atoms with E-state index in [2.05, 4.69) is 89.6 Å². The third-order valence-corrected chi connectivity index (χ3v) is 9.21. The van der Waals surface area contributed by atoms with Crippen LogP contribution < -0.4 is 5.32 Å². The van der Waals surface area contributed by atoms with Crippen LogP contribution in [0.15, 0.2) is 91.3 Å². The summed E-state index contributed by atoms with van der Waals surface area (Å²) >= 11 is 6.13. The number of hydrogen-bond acceptors (Lipinski definition) is 4. The predicted octanol–water partition coefficient (Wildman–Crippen LogP) is 6.63. The molecule has 6 nitrogen and oxygen atoms in total. The monoisotopic (exact) mass is 597 g/mol. The fraction of sp³-hybridized carbons (Fsp3) is 0.389. The van der Waals surface area contributed by atoms with E-state index in [0.29, 0.717) is 30.4 Å². The van der Waals surface area contributed by atoms with Crippen LogP contribution in [0.3, 0.4) is 0 Å². The average molecular weight is 598 g/mol. The van der Waals surface area contributed by atoms with Crippen LogP contribution in [-0.2, 0) is 18.5 Å². The summed E-state index contributed by atoms with van der Waals surface area (Å²) in [5.74, 6) is -0.0547. The zero-order valence-corrected chi connectivity index (χ0v) is 26.3. The van der Waals surface area contributed by atoms with Crippen molar-refractivity contribution < 1.29 is 4.79 Å². The Labute approximate surface area is 261 Å². The number of nitrogens with zero attached hydrogens (tertiary/aromatic N) is 4. The Kier molecular flexibility index (Phi) is 10.7. The van der Waals surface area contributed by atoms with Gasteiger partial charge in [0.05, 0.1) is 12.0 Å². The van der Waals surface area contributed by atoms with Crippen LogP contribution in [0.2, 0.25) is 5.02 Å². The third-order valence-electron chi connectivity index (χ3n) is 8.96. The number of amides is 1. The minimum absolute atomic E-state index is 0.0158. The second kappa shape index (κ2) is 14.8. The van der Waals surface area contributed by atoms with E-state index in [1.54, 1.807) is 0 Å². The summed E-state index contributed by atoms with van der Waals surface area (Å²) in [6, 6.07) is 29.6. The first-order valence-corrected chi connectivity index (χ1v) is 16.0. The number of carbonyl (C=O) groups excluding carboxylic acids is 1. The van der Waals surface area contributed by atoms with Crippen molar-refractivity contribution in [1.29, 1.82) is 0 Å². The number of hydrogen-bond donors (Lipinski definition) is 1. The van der Waals surface area contributed by atoms with E-state index in [-0.39, 0.29) is 11.3 Å². The van der Waals surface area contributed by atoms with E-state index in [4.69, 9.17) is 16.6 Å². The van der Waals surface area contributed by atoms with Gasteiger partial charge in [0, 0.05) is 30.1 Å². The highest BCUT2D eigenvalue weighted by atomic mass is 35.5. The maximum Gasteiger partial charge on any atom is 0.269 e. The van der Waals surface area contributed by atoms with E-state index in [1.165, 1.54) is 11.1 Å². The van der Waals surface area contributed by atoms with Crippen LogP contribution >= 0.6 is 11.6 Å². The molecule has 5 rings (SSSR count). The predicted molar refractivity (Wildman–Crippen MR) is 176 cm³/mol. The molecule has 1 aliphatic rings. The molecule has 1 N–H and O–H groups in total. The van der Waals surface area contributed by atoms with Crippen molar-refractivity contribution in [3.05, 3.63) is 124 Å². The molecule has 1 fully saturated rings. The summed E-state index contributed by atoms with van der Waals surface area (Å²) in [6.45, 7) is 11.1. The summed E-state index contributed by atoms with van der Waals surface area (Å²) < 4.78 is 1.99. The number of halogens is 1. The molecule has 1 amide bonds. The zero-order chi connectivity index (χ0) is 30.1. The van der Waals surface area contributed by atoms with Crippen LogP contribution in [0.1, 0.15) is 66.0 Å². The molecule has 0 unspecified atom stereocenters. The van der Waals surface area contributed by atoms with Gasteiger partial charge in [-0.15, -0.1) is 0 Å². The Bertz CT molecular complexity index is 1380. The third kappa shape index (κ3) is 7.56. The molecule has 1 aliphatic heterocycles. The highest BCUT2D eigenvalue weighted by Gasteiger charge is 2.38. The molecule has 3 aromatic carbocycles. The van der Waals surface area contributed by atoms with Crippen molar-refractivity contribution in [2.45, 2.75) is 51.6 Å². The van der Waals surface area contributed by atoms with Crippen LogP contribution in [0.25, 0.3) is 0 Å². The van der Waals surface area contributed by atoms with E-state index in [0.717, 1.165) is 63.2 Å². The molecular formula is C36H44ClN5O. The molecule has 226 valence electrons. The minimum Gasteiger partial charge on any atom is -0.351 e. The number of imidazole rings is 1. The molecule has 4 aromatic rings. The summed E-state index contributed by atoms with van der Waals surface area (Å²) in [5, 5.41) is 3.89. The number of aromatic nitrogens is 2. The van der Waals surface area contributed by atoms with Crippen molar-refractivity contribution in [3.8, 4) is 0 Å². The van der Waals surface area contributed by atoms with Crippen molar-refractivity contribution in [2.75, 3.05) is 39.3 Å². The summed E-state index contributed by atoms with van der Waals surface area (Å²) in [7, 11) is 0. The van der Waals surface area contributed by atoms with Gasteiger partial charge in [-0.1, -0.05) is 98.2 Å². The van der Waals surface area contributed by atoms with Gasteiger partial charge in [0.1, 0.15) is 5.69 Å². The zero-order valence-electron chi connectivity index (χ0n) is 25.5. The number of likely N-dealkylation sites (tertiary alicyclic amines) is 1. The van der Waals surface area contributed by atoms with Crippen molar-refractivity contribution >= 4 is 17.5 Å². The lowest BCUT2D eigenvalue weighted by atomic mass is 9.68. The Morgan fingerprint density at radius 2 is 1.49 bits per heavy atom. The SMILES string of the molecule is CCN(CC)CCCNC(=O)c1c(CN2CCC(c3ccccc3)(c3ccccc3)CC2)ncn1Cc1ccc(Cl)cc1. The Balaban J connectivity index is 1.33. The second-order valence-electron chi connectivity index (χ2n) is 11.5. The van der Waals surface area contributed by atoms with E-state index >= 15 is 0 Å². The fourth-order valence-electron chi connectivity index (χ4n) is 6.40. The van der Waals surface area contributed by atoms with Gasteiger partial charge in [-0.05, 0) is 80.8 Å². The fourth-order valence-corrected chi connectivity index (χ4v) is 6.52. The average Bonchev–Trinajstić information content (AvgIpc) is 3.45. The lowest BCUT2D eigenvalue weighted by Crippen LogP contribution is -2.43. The number of rotatable bonds is 13. The maximum atomic E-state index is 13.7. The first kappa shape index (κ1) is 31.0. The first-order chi connectivity index (χ1) is 21.0. The normalized spacial score (nSPS) is 15.1. The van der Waals surface area contributed by atoms with E-state index < -0.39 is 0 Å². The van der Waals surface area contributed by atoms with Crippen molar-refractivity contribution in [1.82, 2.24) is 24.7 Å². The highest BCUT2D eigenvalue weighted by molar-refractivity contribution is 6.30. The molecule has 0 atom stereocenters.